The lowest BCUT2D eigenvalue weighted by Gasteiger charge is -2.08. The lowest BCUT2D eigenvalue weighted by molar-refractivity contribution is 0.369. The van der Waals surface area contributed by atoms with E-state index in [1.54, 1.807) is 18.9 Å². The summed E-state index contributed by atoms with van der Waals surface area (Å²) in [6.45, 7) is 2.31. The van der Waals surface area contributed by atoms with Gasteiger partial charge in [0.1, 0.15) is 5.75 Å². The first kappa shape index (κ1) is 15.7. The van der Waals surface area contributed by atoms with E-state index in [1.807, 2.05) is 38.2 Å². The van der Waals surface area contributed by atoms with Gasteiger partial charge in [0, 0.05) is 18.8 Å². The molecule has 0 radical (unpaired) electrons. The quantitative estimate of drug-likeness (QED) is 0.648. The number of aryl methyl sites for hydroxylation is 2. The molecule has 0 bridgehead atoms. The van der Waals surface area contributed by atoms with Gasteiger partial charge in [-0.1, -0.05) is 6.07 Å². The predicted octanol–water partition coefficient (Wildman–Crippen LogP) is 1.67. The van der Waals surface area contributed by atoms with Crippen LogP contribution in [0.5, 0.6) is 11.6 Å². The number of guanidine groups is 1. The van der Waals surface area contributed by atoms with Crippen molar-refractivity contribution in [2.24, 2.45) is 17.8 Å². The zero-order valence-corrected chi connectivity index (χ0v) is 13.3. The van der Waals surface area contributed by atoms with Crippen molar-refractivity contribution in [1.82, 2.24) is 9.78 Å². The Morgan fingerprint density at radius 2 is 2.14 bits per heavy atom. The molecule has 1 aromatic heterocycles. The summed E-state index contributed by atoms with van der Waals surface area (Å²) in [6.07, 6.45) is 0. The van der Waals surface area contributed by atoms with Gasteiger partial charge < -0.3 is 20.5 Å². The monoisotopic (exact) mass is 303 g/mol. The van der Waals surface area contributed by atoms with E-state index < -0.39 is 0 Å². The summed E-state index contributed by atoms with van der Waals surface area (Å²) in [4.78, 5) is 4.34. The SMILES string of the molecule is COc1cccc(NC(N)=NCc2c(C)nn(C)c2OC)c1. The second-order valence-corrected chi connectivity index (χ2v) is 4.76. The standard InChI is InChI=1S/C15H21N5O2/c1-10-13(14(22-4)20(2)19-10)9-17-15(16)18-11-6-5-7-12(8-11)21-3/h5-8H,9H2,1-4H3,(H3,16,17,18). The van der Waals surface area contributed by atoms with Crippen LogP contribution < -0.4 is 20.5 Å². The Kier molecular flexibility index (Phi) is 4.88. The number of methoxy groups -OCH3 is 2. The van der Waals surface area contributed by atoms with Crippen LogP contribution in [0.1, 0.15) is 11.3 Å². The maximum Gasteiger partial charge on any atom is 0.216 e. The molecule has 0 atom stereocenters. The lowest BCUT2D eigenvalue weighted by Crippen LogP contribution is -2.22. The van der Waals surface area contributed by atoms with Gasteiger partial charge >= 0.3 is 0 Å². The second kappa shape index (κ2) is 6.84. The maximum atomic E-state index is 5.92. The second-order valence-electron chi connectivity index (χ2n) is 4.76. The van der Waals surface area contributed by atoms with Crippen molar-refractivity contribution in [3.63, 3.8) is 0 Å². The van der Waals surface area contributed by atoms with E-state index in [2.05, 4.69) is 15.4 Å². The summed E-state index contributed by atoms with van der Waals surface area (Å²) in [5, 5.41) is 7.34. The van der Waals surface area contributed by atoms with Crippen molar-refractivity contribution in [2.75, 3.05) is 19.5 Å². The summed E-state index contributed by atoms with van der Waals surface area (Å²) < 4.78 is 12.2. The van der Waals surface area contributed by atoms with Gasteiger partial charge in [0.2, 0.25) is 5.88 Å². The van der Waals surface area contributed by atoms with E-state index in [4.69, 9.17) is 15.2 Å². The fourth-order valence-electron chi connectivity index (χ4n) is 2.17. The summed E-state index contributed by atoms with van der Waals surface area (Å²) in [7, 11) is 5.06. The number of rotatable bonds is 5. The Bertz CT molecular complexity index is 679. The molecular formula is C15H21N5O2. The van der Waals surface area contributed by atoms with Crippen LogP contribution in [0.25, 0.3) is 0 Å². The third kappa shape index (κ3) is 3.49. The van der Waals surface area contributed by atoms with E-state index in [9.17, 15) is 0 Å². The molecule has 0 saturated heterocycles. The zero-order valence-electron chi connectivity index (χ0n) is 13.3. The fourth-order valence-corrected chi connectivity index (χ4v) is 2.17. The van der Waals surface area contributed by atoms with Gasteiger partial charge in [-0.3, -0.25) is 0 Å². The smallest absolute Gasteiger partial charge is 0.216 e. The molecule has 0 saturated carbocycles. The normalized spacial score (nSPS) is 11.4. The third-order valence-electron chi connectivity index (χ3n) is 3.23. The molecule has 0 fully saturated rings. The molecule has 1 aromatic carbocycles. The molecule has 2 rings (SSSR count). The van der Waals surface area contributed by atoms with Crippen molar-refractivity contribution in [2.45, 2.75) is 13.5 Å². The minimum atomic E-state index is 0.318. The third-order valence-corrected chi connectivity index (χ3v) is 3.23. The van der Waals surface area contributed by atoms with Crippen LogP contribution in [0.15, 0.2) is 29.3 Å². The van der Waals surface area contributed by atoms with E-state index >= 15 is 0 Å². The number of aromatic nitrogens is 2. The molecule has 7 heteroatoms. The number of aliphatic imine (C=N–C) groups is 1. The van der Waals surface area contributed by atoms with Crippen LogP contribution in [-0.2, 0) is 13.6 Å². The Labute approximate surface area is 129 Å². The van der Waals surface area contributed by atoms with E-state index in [-0.39, 0.29) is 0 Å². The molecule has 0 amide bonds. The van der Waals surface area contributed by atoms with Gasteiger partial charge in [-0.25, -0.2) is 9.67 Å². The van der Waals surface area contributed by atoms with Crippen LogP contribution in [0.3, 0.4) is 0 Å². The molecule has 7 nitrogen and oxygen atoms in total. The zero-order chi connectivity index (χ0) is 16.1. The number of ether oxygens (including phenoxy) is 2. The Morgan fingerprint density at radius 3 is 2.82 bits per heavy atom. The van der Waals surface area contributed by atoms with Crippen molar-refractivity contribution < 1.29 is 9.47 Å². The summed E-state index contributed by atoms with van der Waals surface area (Å²) in [5.41, 5.74) is 8.53. The number of anilines is 1. The van der Waals surface area contributed by atoms with Crippen molar-refractivity contribution >= 4 is 11.6 Å². The molecule has 0 spiro atoms. The highest BCUT2D eigenvalue weighted by molar-refractivity contribution is 5.92. The number of hydrogen-bond donors (Lipinski definition) is 2. The van der Waals surface area contributed by atoms with Crippen LogP contribution in [0.4, 0.5) is 5.69 Å². The van der Waals surface area contributed by atoms with Crippen LogP contribution >= 0.6 is 0 Å². The fraction of sp³-hybridized carbons (Fsp3) is 0.333. The highest BCUT2D eigenvalue weighted by Crippen LogP contribution is 2.22. The van der Waals surface area contributed by atoms with Crippen molar-refractivity contribution in [1.29, 1.82) is 0 Å². The highest BCUT2D eigenvalue weighted by Gasteiger charge is 2.13. The van der Waals surface area contributed by atoms with Gasteiger partial charge in [0.05, 0.1) is 32.0 Å². The minimum absolute atomic E-state index is 0.318. The Hall–Kier alpha value is -2.70. The molecule has 3 N–H and O–H groups in total. The van der Waals surface area contributed by atoms with Gasteiger partial charge in [-0.05, 0) is 19.1 Å². The van der Waals surface area contributed by atoms with Crippen molar-refractivity contribution in [3.8, 4) is 11.6 Å². The molecule has 0 unspecified atom stereocenters. The molecule has 1 heterocycles. The number of nitrogens with zero attached hydrogens (tertiary/aromatic N) is 3. The summed E-state index contributed by atoms with van der Waals surface area (Å²) in [5.74, 6) is 1.76. The average Bonchev–Trinajstić information content (AvgIpc) is 2.78. The molecule has 118 valence electrons. The highest BCUT2D eigenvalue weighted by atomic mass is 16.5. The molecule has 0 aliphatic carbocycles. The van der Waals surface area contributed by atoms with Crippen LogP contribution in [0, 0.1) is 6.92 Å². The van der Waals surface area contributed by atoms with E-state index in [0.717, 1.165) is 22.7 Å². The Balaban J connectivity index is 2.10. The minimum Gasteiger partial charge on any atom is -0.497 e. The summed E-state index contributed by atoms with van der Waals surface area (Å²) >= 11 is 0. The van der Waals surface area contributed by atoms with Gasteiger partial charge in [-0.2, -0.15) is 5.10 Å². The van der Waals surface area contributed by atoms with Crippen molar-refractivity contribution in [3.05, 3.63) is 35.5 Å². The Morgan fingerprint density at radius 1 is 1.36 bits per heavy atom. The predicted molar refractivity (Wildman–Crippen MR) is 86.4 cm³/mol. The molecular weight excluding hydrogens is 282 g/mol. The first-order valence-electron chi connectivity index (χ1n) is 6.82. The first-order valence-corrected chi connectivity index (χ1v) is 6.82. The average molecular weight is 303 g/mol. The number of nitrogens with one attached hydrogen (secondary N) is 1. The molecule has 0 aliphatic heterocycles. The number of nitrogens with two attached hydrogens (primary N) is 1. The first-order chi connectivity index (χ1) is 10.5. The molecule has 2 aromatic rings. The van der Waals surface area contributed by atoms with Gasteiger partial charge in [-0.15, -0.1) is 0 Å². The van der Waals surface area contributed by atoms with Crippen LogP contribution in [0.2, 0.25) is 0 Å². The maximum absolute atomic E-state index is 5.92. The van der Waals surface area contributed by atoms with E-state index in [1.165, 1.54) is 0 Å². The number of benzene rings is 1. The molecule has 0 aliphatic rings. The van der Waals surface area contributed by atoms with Gasteiger partial charge in [0.15, 0.2) is 5.96 Å². The number of hydrogen-bond acceptors (Lipinski definition) is 4. The van der Waals surface area contributed by atoms with E-state index in [0.29, 0.717) is 18.4 Å². The van der Waals surface area contributed by atoms with Gasteiger partial charge in [0.25, 0.3) is 0 Å². The lowest BCUT2D eigenvalue weighted by atomic mass is 10.2. The topological polar surface area (TPSA) is 86.7 Å². The van der Waals surface area contributed by atoms with Crippen LogP contribution in [-0.4, -0.2) is 30.0 Å². The summed E-state index contributed by atoms with van der Waals surface area (Å²) in [6, 6.07) is 7.48. The largest absolute Gasteiger partial charge is 0.497 e. The molecule has 22 heavy (non-hydrogen) atoms.